The molecular formula is C15H12F4N4O. The molecule has 0 saturated carbocycles. The van der Waals surface area contributed by atoms with Crippen molar-refractivity contribution in [3.05, 3.63) is 53.2 Å². The van der Waals surface area contributed by atoms with Gasteiger partial charge in [0.15, 0.2) is 0 Å². The molecule has 0 saturated heterocycles. The van der Waals surface area contributed by atoms with E-state index in [4.69, 9.17) is 0 Å². The molecule has 0 aliphatic heterocycles. The lowest BCUT2D eigenvalue weighted by molar-refractivity contribution is -0.159. The molecule has 0 aliphatic carbocycles. The van der Waals surface area contributed by atoms with Crippen LogP contribution < -0.4 is 0 Å². The zero-order valence-electron chi connectivity index (χ0n) is 12.7. The maximum atomic E-state index is 14.3. The topological polar surface area (TPSA) is 56.7 Å². The van der Waals surface area contributed by atoms with Gasteiger partial charge in [-0.15, -0.1) is 0 Å². The van der Waals surface area contributed by atoms with Gasteiger partial charge in [-0.05, 0) is 19.9 Å². The number of benzene rings is 1. The summed E-state index contributed by atoms with van der Waals surface area (Å²) in [7, 11) is 0. The SMILES string of the molecule is Cc1cn(Cc2ccc(-c3noc(C(F)(F)F)n3)cc2F)c(C)n1. The maximum absolute atomic E-state index is 14.3. The number of aryl methyl sites for hydroxylation is 2. The molecule has 5 nitrogen and oxygen atoms in total. The lowest BCUT2D eigenvalue weighted by Crippen LogP contribution is -2.05. The monoisotopic (exact) mass is 340 g/mol. The molecule has 0 fully saturated rings. The van der Waals surface area contributed by atoms with Gasteiger partial charge < -0.3 is 9.09 Å². The van der Waals surface area contributed by atoms with Crippen molar-refractivity contribution in [2.45, 2.75) is 26.6 Å². The van der Waals surface area contributed by atoms with Crippen molar-refractivity contribution >= 4 is 0 Å². The summed E-state index contributed by atoms with van der Waals surface area (Å²) in [4.78, 5) is 7.47. The summed E-state index contributed by atoms with van der Waals surface area (Å²) in [5, 5.41) is 3.24. The lowest BCUT2D eigenvalue weighted by atomic mass is 10.1. The molecule has 0 spiro atoms. The molecule has 3 aromatic rings. The third-order valence-electron chi connectivity index (χ3n) is 3.42. The van der Waals surface area contributed by atoms with Gasteiger partial charge in [-0.25, -0.2) is 9.37 Å². The molecule has 0 unspecified atom stereocenters. The van der Waals surface area contributed by atoms with Gasteiger partial charge in [0.2, 0.25) is 5.82 Å². The van der Waals surface area contributed by atoms with Gasteiger partial charge in [-0.2, -0.15) is 18.2 Å². The first-order valence-electron chi connectivity index (χ1n) is 6.94. The lowest BCUT2D eigenvalue weighted by Gasteiger charge is -2.07. The Balaban J connectivity index is 1.87. The van der Waals surface area contributed by atoms with Crippen LogP contribution in [-0.2, 0) is 12.7 Å². The minimum atomic E-state index is -4.74. The second-order valence-electron chi connectivity index (χ2n) is 5.28. The molecule has 0 aliphatic rings. The van der Waals surface area contributed by atoms with Crippen molar-refractivity contribution in [2.75, 3.05) is 0 Å². The van der Waals surface area contributed by atoms with Gasteiger partial charge >= 0.3 is 12.1 Å². The van der Waals surface area contributed by atoms with Crippen LogP contribution in [0.2, 0.25) is 0 Å². The quantitative estimate of drug-likeness (QED) is 0.681. The normalized spacial score (nSPS) is 11.9. The Hall–Kier alpha value is -2.71. The van der Waals surface area contributed by atoms with Gasteiger partial charge in [0, 0.05) is 17.3 Å². The van der Waals surface area contributed by atoms with E-state index in [0.29, 0.717) is 5.56 Å². The van der Waals surface area contributed by atoms with Gasteiger partial charge in [-0.3, -0.25) is 0 Å². The summed E-state index contributed by atoms with van der Waals surface area (Å²) in [6.45, 7) is 3.90. The van der Waals surface area contributed by atoms with Crippen LogP contribution >= 0.6 is 0 Å². The van der Waals surface area contributed by atoms with Crippen LogP contribution in [0.25, 0.3) is 11.4 Å². The predicted octanol–water partition coefficient (Wildman–Crippen LogP) is 3.76. The average Bonchev–Trinajstić information content (AvgIpc) is 3.08. The molecule has 24 heavy (non-hydrogen) atoms. The third kappa shape index (κ3) is 3.15. The first-order chi connectivity index (χ1) is 11.2. The molecule has 0 amide bonds. The standard InChI is InChI=1S/C15H12F4N4O/c1-8-6-23(9(2)20-8)7-11-4-3-10(5-12(11)16)13-21-14(24-22-13)15(17,18)19/h3-6H,7H2,1-2H3. The number of imidazole rings is 1. The van der Waals surface area contributed by atoms with Crippen LogP contribution in [0.4, 0.5) is 17.6 Å². The van der Waals surface area contributed by atoms with Crippen LogP contribution in [-0.4, -0.2) is 19.7 Å². The Morgan fingerprint density at radius 2 is 1.92 bits per heavy atom. The fraction of sp³-hybridized carbons (Fsp3) is 0.267. The number of hydrogen-bond donors (Lipinski definition) is 0. The van der Waals surface area contributed by atoms with E-state index in [1.807, 2.05) is 6.92 Å². The average molecular weight is 340 g/mol. The molecule has 1 aromatic carbocycles. The first kappa shape index (κ1) is 16.2. The summed E-state index contributed by atoms with van der Waals surface area (Å²) >= 11 is 0. The van der Waals surface area contributed by atoms with Crippen molar-refractivity contribution in [1.29, 1.82) is 0 Å². The highest BCUT2D eigenvalue weighted by molar-refractivity contribution is 5.55. The molecule has 0 N–H and O–H groups in total. The fourth-order valence-corrected chi connectivity index (χ4v) is 2.28. The Labute approximate surface area is 133 Å². The molecule has 9 heteroatoms. The molecule has 2 heterocycles. The second-order valence-corrected chi connectivity index (χ2v) is 5.28. The van der Waals surface area contributed by atoms with Crippen LogP contribution in [0.15, 0.2) is 28.9 Å². The summed E-state index contributed by atoms with van der Waals surface area (Å²) in [5.74, 6) is -1.62. The van der Waals surface area contributed by atoms with Crippen molar-refractivity contribution in [3.63, 3.8) is 0 Å². The highest BCUT2D eigenvalue weighted by Gasteiger charge is 2.38. The van der Waals surface area contributed by atoms with Crippen LogP contribution in [0.3, 0.4) is 0 Å². The van der Waals surface area contributed by atoms with Gasteiger partial charge in [0.1, 0.15) is 11.6 Å². The highest BCUT2D eigenvalue weighted by atomic mass is 19.4. The van der Waals surface area contributed by atoms with Crippen molar-refractivity contribution in [3.8, 4) is 11.4 Å². The number of hydrogen-bond acceptors (Lipinski definition) is 4. The van der Waals surface area contributed by atoms with Gasteiger partial charge in [0.05, 0.1) is 12.2 Å². The van der Waals surface area contributed by atoms with Gasteiger partial charge in [0.25, 0.3) is 0 Å². The summed E-state index contributed by atoms with van der Waals surface area (Å²) in [6.07, 6.45) is -2.95. The third-order valence-corrected chi connectivity index (χ3v) is 3.42. The summed E-state index contributed by atoms with van der Waals surface area (Å²) in [5.41, 5.74) is 1.30. The van der Waals surface area contributed by atoms with E-state index in [1.54, 1.807) is 17.7 Å². The zero-order valence-corrected chi connectivity index (χ0v) is 12.7. The molecular weight excluding hydrogens is 328 g/mol. The van der Waals surface area contributed by atoms with Crippen LogP contribution in [0, 0.1) is 19.7 Å². The van der Waals surface area contributed by atoms with E-state index in [1.165, 1.54) is 12.1 Å². The highest BCUT2D eigenvalue weighted by Crippen LogP contribution is 2.29. The van der Waals surface area contributed by atoms with E-state index in [0.717, 1.165) is 17.6 Å². The molecule has 0 bridgehead atoms. The van der Waals surface area contributed by atoms with E-state index in [2.05, 4.69) is 19.6 Å². The van der Waals surface area contributed by atoms with E-state index in [-0.39, 0.29) is 17.9 Å². The minimum absolute atomic E-state index is 0.106. The number of alkyl halides is 3. The Morgan fingerprint density at radius 3 is 2.46 bits per heavy atom. The van der Waals surface area contributed by atoms with E-state index >= 15 is 0 Å². The van der Waals surface area contributed by atoms with E-state index in [9.17, 15) is 17.6 Å². The first-order valence-corrected chi connectivity index (χ1v) is 6.94. The number of nitrogens with zero attached hydrogens (tertiary/aromatic N) is 4. The van der Waals surface area contributed by atoms with Crippen LogP contribution in [0.1, 0.15) is 23.0 Å². The van der Waals surface area contributed by atoms with Crippen molar-refractivity contribution in [2.24, 2.45) is 0 Å². The molecule has 126 valence electrons. The molecule has 2 aromatic heterocycles. The van der Waals surface area contributed by atoms with Crippen LogP contribution in [0.5, 0.6) is 0 Å². The second kappa shape index (κ2) is 5.73. The Kier molecular flexibility index (Phi) is 3.86. The fourth-order valence-electron chi connectivity index (χ4n) is 2.28. The Morgan fingerprint density at radius 1 is 1.17 bits per heavy atom. The molecule has 0 atom stereocenters. The zero-order chi connectivity index (χ0) is 17.5. The van der Waals surface area contributed by atoms with E-state index < -0.39 is 17.9 Å². The van der Waals surface area contributed by atoms with Gasteiger partial charge in [-0.1, -0.05) is 17.3 Å². The maximum Gasteiger partial charge on any atom is 0.471 e. The molecule has 0 radical (unpaired) electrons. The van der Waals surface area contributed by atoms with Crippen molar-refractivity contribution in [1.82, 2.24) is 19.7 Å². The summed E-state index contributed by atoms with van der Waals surface area (Å²) in [6, 6.07) is 4.01. The minimum Gasteiger partial charge on any atom is -0.330 e. The number of aromatic nitrogens is 4. The number of rotatable bonds is 3. The summed E-state index contributed by atoms with van der Waals surface area (Å²) < 4.78 is 57.6. The largest absolute Gasteiger partial charge is 0.471 e. The Bertz CT molecular complexity index is 882. The predicted molar refractivity (Wildman–Crippen MR) is 75.5 cm³/mol. The van der Waals surface area contributed by atoms with Crippen molar-refractivity contribution < 1.29 is 22.1 Å². The number of halogens is 4. The molecule has 3 rings (SSSR count). The smallest absolute Gasteiger partial charge is 0.330 e.